The van der Waals surface area contributed by atoms with Crippen LogP contribution in [0.4, 0.5) is 5.82 Å². The number of nitrogens with zero attached hydrogens (tertiary/aromatic N) is 1. The summed E-state index contributed by atoms with van der Waals surface area (Å²) in [6.45, 7) is 1.07. The summed E-state index contributed by atoms with van der Waals surface area (Å²) in [4.78, 5) is 18.1. The zero-order valence-corrected chi connectivity index (χ0v) is 11.2. The van der Waals surface area contributed by atoms with Crippen LogP contribution >= 0.6 is 11.3 Å². The minimum absolute atomic E-state index is 0.0899. The van der Waals surface area contributed by atoms with Gasteiger partial charge in [-0.05, 0) is 43.7 Å². The first-order valence-corrected chi connectivity index (χ1v) is 7.20. The van der Waals surface area contributed by atoms with Gasteiger partial charge in [0.25, 0.3) is 5.91 Å². The Hall–Kier alpha value is -1.72. The average molecular weight is 273 g/mol. The van der Waals surface area contributed by atoms with E-state index in [1.54, 1.807) is 23.6 Å². The SMILES string of the molecule is O=C(Nc1ccccn1)c1ccc(C2CCCN2)s1. The van der Waals surface area contributed by atoms with Crippen molar-refractivity contribution in [2.45, 2.75) is 18.9 Å². The van der Waals surface area contributed by atoms with Crippen molar-refractivity contribution in [2.24, 2.45) is 0 Å². The lowest BCUT2D eigenvalue weighted by Crippen LogP contribution is -2.12. The number of carbonyl (C=O) groups excluding carboxylic acids is 1. The Morgan fingerprint density at radius 2 is 2.32 bits per heavy atom. The maximum Gasteiger partial charge on any atom is 0.266 e. The minimum atomic E-state index is -0.0899. The van der Waals surface area contributed by atoms with Gasteiger partial charge in [0, 0.05) is 17.1 Å². The third kappa shape index (κ3) is 2.83. The molecule has 1 atom stereocenters. The van der Waals surface area contributed by atoms with Crippen molar-refractivity contribution in [3.8, 4) is 0 Å². The van der Waals surface area contributed by atoms with Crippen LogP contribution in [0, 0.1) is 0 Å². The van der Waals surface area contributed by atoms with E-state index in [-0.39, 0.29) is 5.91 Å². The van der Waals surface area contributed by atoms with Crippen molar-refractivity contribution in [1.29, 1.82) is 0 Å². The Kier molecular flexibility index (Phi) is 3.57. The molecule has 0 aliphatic carbocycles. The summed E-state index contributed by atoms with van der Waals surface area (Å²) in [5, 5.41) is 6.24. The van der Waals surface area contributed by atoms with Crippen molar-refractivity contribution in [3.05, 3.63) is 46.3 Å². The summed E-state index contributed by atoms with van der Waals surface area (Å²) in [6.07, 6.45) is 4.03. The van der Waals surface area contributed by atoms with Gasteiger partial charge in [-0.25, -0.2) is 4.98 Å². The summed E-state index contributed by atoms with van der Waals surface area (Å²) < 4.78 is 0. The first-order valence-electron chi connectivity index (χ1n) is 6.38. The molecule has 3 heterocycles. The predicted octanol–water partition coefficient (Wildman–Crippen LogP) is 2.82. The van der Waals surface area contributed by atoms with Gasteiger partial charge in [0.1, 0.15) is 5.82 Å². The summed E-state index contributed by atoms with van der Waals surface area (Å²) in [6, 6.07) is 9.81. The molecule has 0 spiro atoms. The highest BCUT2D eigenvalue weighted by molar-refractivity contribution is 7.14. The van der Waals surface area contributed by atoms with Crippen LogP contribution in [-0.4, -0.2) is 17.4 Å². The summed E-state index contributed by atoms with van der Waals surface area (Å²) >= 11 is 1.56. The molecule has 0 saturated carbocycles. The quantitative estimate of drug-likeness (QED) is 0.904. The van der Waals surface area contributed by atoms with E-state index in [0.717, 1.165) is 17.8 Å². The third-order valence-electron chi connectivity index (χ3n) is 3.16. The molecule has 19 heavy (non-hydrogen) atoms. The molecule has 98 valence electrons. The van der Waals surface area contributed by atoms with Gasteiger partial charge in [0.05, 0.1) is 4.88 Å². The van der Waals surface area contributed by atoms with Crippen LogP contribution in [0.3, 0.4) is 0 Å². The fraction of sp³-hybridized carbons (Fsp3) is 0.286. The van der Waals surface area contributed by atoms with Crippen molar-refractivity contribution < 1.29 is 4.79 Å². The summed E-state index contributed by atoms with van der Waals surface area (Å²) in [7, 11) is 0. The van der Waals surface area contributed by atoms with Crippen LogP contribution in [0.25, 0.3) is 0 Å². The van der Waals surface area contributed by atoms with Gasteiger partial charge in [0.15, 0.2) is 0 Å². The monoisotopic (exact) mass is 273 g/mol. The van der Waals surface area contributed by atoms with Crippen LogP contribution in [0.5, 0.6) is 0 Å². The Morgan fingerprint density at radius 1 is 1.37 bits per heavy atom. The fourth-order valence-corrected chi connectivity index (χ4v) is 3.22. The van der Waals surface area contributed by atoms with E-state index in [1.165, 1.54) is 11.3 Å². The maximum atomic E-state index is 12.1. The van der Waals surface area contributed by atoms with Gasteiger partial charge in [-0.15, -0.1) is 11.3 Å². The van der Waals surface area contributed by atoms with E-state index < -0.39 is 0 Å². The number of anilines is 1. The van der Waals surface area contributed by atoms with E-state index in [1.807, 2.05) is 24.3 Å². The molecule has 1 saturated heterocycles. The summed E-state index contributed by atoms with van der Waals surface area (Å²) in [5.41, 5.74) is 0. The number of aromatic nitrogens is 1. The molecular weight excluding hydrogens is 258 g/mol. The lowest BCUT2D eigenvalue weighted by Gasteiger charge is -2.06. The second-order valence-electron chi connectivity index (χ2n) is 4.52. The zero-order chi connectivity index (χ0) is 13.1. The lowest BCUT2D eigenvalue weighted by atomic mass is 10.2. The van der Waals surface area contributed by atoms with E-state index in [4.69, 9.17) is 0 Å². The largest absolute Gasteiger partial charge is 0.309 e. The van der Waals surface area contributed by atoms with Crippen LogP contribution in [0.1, 0.15) is 33.4 Å². The number of carbonyl (C=O) groups is 1. The molecule has 2 aromatic rings. The van der Waals surface area contributed by atoms with Gasteiger partial charge < -0.3 is 10.6 Å². The molecule has 0 aromatic carbocycles. The molecule has 2 aromatic heterocycles. The topological polar surface area (TPSA) is 54.0 Å². The van der Waals surface area contributed by atoms with E-state index in [9.17, 15) is 4.79 Å². The lowest BCUT2D eigenvalue weighted by molar-refractivity contribution is 0.103. The van der Waals surface area contributed by atoms with Crippen LogP contribution < -0.4 is 10.6 Å². The number of pyridine rings is 1. The molecule has 4 nitrogen and oxygen atoms in total. The van der Waals surface area contributed by atoms with E-state index in [0.29, 0.717) is 11.9 Å². The molecule has 1 unspecified atom stereocenters. The average Bonchev–Trinajstić information content (AvgIpc) is 3.11. The molecule has 5 heteroatoms. The number of hydrogen-bond acceptors (Lipinski definition) is 4. The first kappa shape index (κ1) is 12.3. The number of hydrogen-bond donors (Lipinski definition) is 2. The highest BCUT2D eigenvalue weighted by Crippen LogP contribution is 2.29. The molecule has 1 amide bonds. The molecule has 2 N–H and O–H groups in total. The molecule has 1 aliphatic heterocycles. The van der Waals surface area contributed by atoms with Gasteiger partial charge in [0.2, 0.25) is 0 Å². The Bertz CT molecular complexity index is 561. The molecule has 0 bridgehead atoms. The molecular formula is C14H15N3OS. The molecule has 1 aliphatic rings. The standard InChI is InChI=1S/C14H15N3OS/c18-14(17-13-5-1-2-8-16-13)12-7-6-11(19-12)10-4-3-9-15-10/h1-2,5-8,10,15H,3-4,9H2,(H,16,17,18). The first-order chi connectivity index (χ1) is 9.33. The van der Waals surface area contributed by atoms with Crippen LogP contribution in [0.2, 0.25) is 0 Å². The van der Waals surface area contributed by atoms with E-state index in [2.05, 4.69) is 15.6 Å². The minimum Gasteiger partial charge on any atom is -0.309 e. The molecule has 1 fully saturated rings. The normalized spacial score (nSPS) is 18.4. The van der Waals surface area contributed by atoms with Gasteiger partial charge >= 0.3 is 0 Å². The van der Waals surface area contributed by atoms with Crippen molar-refractivity contribution in [1.82, 2.24) is 10.3 Å². The number of nitrogens with one attached hydrogen (secondary N) is 2. The Morgan fingerprint density at radius 3 is 3.05 bits per heavy atom. The van der Waals surface area contributed by atoms with E-state index >= 15 is 0 Å². The smallest absolute Gasteiger partial charge is 0.266 e. The number of amides is 1. The van der Waals surface area contributed by atoms with Gasteiger partial charge in [-0.3, -0.25) is 4.79 Å². The highest BCUT2D eigenvalue weighted by Gasteiger charge is 2.19. The van der Waals surface area contributed by atoms with Crippen LogP contribution in [-0.2, 0) is 0 Å². The fourth-order valence-electron chi connectivity index (χ4n) is 2.20. The second kappa shape index (κ2) is 5.50. The second-order valence-corrected chi connectivity index (χ2v) is 5.64. The molecule has 3 rings (SSSR count). The van der Waals surface area contributed by atoms with Gasteiger partial charge in [-0.1, -0.05) is 6.07 Å². The number of rotatable bonds is 3. The van der Waals surface area contributed by atoms with Crippen molar-refractivity contribution in [3.63, 3.8) is 0 Å². The zero-order valence-electron chi connectivity index (χ0n) is 10.4. The van der Waals surface area contributed by atoms with Crippen LogP contribution in [0.15, 0.2) is 36.5 Å². The third-order valence-corrected chi connectivity index (χ3v) is 4.36. The Balaban J connectivity index is 1.70. The van der Waals surface area contributed by atoms with Gasteiger partial charge in [-0.2, -0.15) is 0 Å². The Labute approximate surface area is 115 Å². The highest BCUT2D eigenvalue weighted by atomic mass is 32.1. The summed E-state index contributed by atoms with van der Waals surface area (Å²) in [5.74, 6) is 0.495. The van der Waals surface area contributed by atoms with Crippen molar-refractivity contribution >= 4 is 23.1 Å². The molecule has 0 radical (unpaired) electrons. The maximum absolute atomic E-state index is 12.1. The predicted molar refractivity (Wildman–Crippen MR) is 76.5 cm³/mol. The van der Waals surface area contributed by atoms with Crippen molar-refractivity contribution in [2.75, 3.05) is 11.9 Å². The number of thiophene rings is 1.